The summed E-state index contributed by atoms with van der Waals surface area (Å²) in [6, 6.07) is 18.5. The first kappa shape index (κ1) is 18.1. The maximum absolute atomic E-state index is 9.16. The SMILES string of the molecule is CCCCCCN1c2ccccc2Sc2cccc(C=C(C#N)C#N)c21. The third-order valence-corrected chi connectivity index (χ3v) is 5.57. The van der Waals surface area contributed by atoms with Crippen molar-refractivity contribution >= 4 is 29.2 Å². The summed E-state index contributed by atoms with van der Waals surface area (Å²) in [4.78, 5) is 4.77. The van der Waals surface area contributed by atoms with Crippen molar-refractivity contribution in [2.75, 3.05) is 11.4 Å². The van der Waals surface area contributed by atoms with Gasteiger partial charge in [0.05, 0.1) is 11.4 Å². The van der Waals surface area contributed by atoms with Crippen LogP contribution in [-0.4, -0.2) is 6.54 Å². The Labute approximate surface area is 159 Å². The standard InChI is InChI=1S/C22H21N3S/c1-2-3-4-7-13-25-19-10-5-6-11-20(19)26-21-12-8-9-18(22(21)25)14-17(15-23)16-24/h5-6,8-12,14H,2-4,7,13H2,1H3. The van der Waals surface area contributed by atoms with Crippen molar-refractivity contribution in [2.45, 2.75) is 42.4 Å². The van der Waals surface area contributed by atoms with E-state index in [0.29, 0.717) is 0 Å². The maximum Gasteiger partial charge on any atom is 0.130 e. The number of hydrogen-bond acceptors (Lipinski definition) is 4. The minimum Gasteiger partial charge on any atom is -0.339 e. The largest absolute Gasteiger partial charge is 0.339 e. The molecule has 4 heteroatoms. The molecule has 1 heterocycles. The Morgan fingerprint density at radius 3 is 2.54 bits per heavy atom. The molecule has 0 spiro atoms. The van der Waals surface area contributed by atoms with E-state index in [1.807, 2.05) is 24.3 Å². The molecule has 130 valence electrons. The molecule has 3 nitrogen and oxygen atoms in total. The topological polar surface area (TPSA) is 50.8 Å². The summed E-state index contributed by atoms with van der Waals surface area (Å²) >= 11 is 1.75. The summed E-state index contributed by atoms with van der Waals surface area (Å²) in [6.45, 7) is 3.15. The summed E-state index contributed by atoms with van der Waals surface area (Å²) < 4.78 is 0. The van der Waals surface area contributed by atoms with E-state index in [-0.39, 0.29) is 5.57 Å². The molecule has 3 rings (SSSR count). The van der Waals surface area contributed by atoms with Gasteiger partial charge in [0.2, 0.25) is 0 Å². The summed E-state index contributed by atoms with van der Waals surface area (Å²) in [5, 5.41) is 18.3. The normalized spacial score (nSPS) is 11.7. The number of benzene rings is 2. The van der Waals surface area contributed by atoms with Crippen molar-refractivity contribution in [1.29, 1.82) is 10.5 Å². The second-order valence-corrected chi connectivity index (χ2v) is 7.34. The Kier molecular flexibility index (Phi) is 6.00. The van der Waals surface area contributed by atoms with Gasteiger partial charge in [-0.1, -0.05) is 62.2 Å². The van der Waals surface area contributed by atoms with E-state index in [1.165, 1.54) is 34.7 Å². The van der Waals surface area contributed by atoms with Gasteiger partial charge in [0, 0.05) is 21.9 Å². The number of nitriles is 2. The highest BCUT2D eigenvalue weighted by atomic mass is 32.2. The van der Waals surface area contributed by atoms with Crippen LogP contribution in [-0.2, 0) is 0 Å². The van der Waals surface area contributed by atoms with E-state index in [9.17, 15) is 0 Å². The van der Waals surface area contributed by atoms with Crippen molar-refractivity contribution in [3.05, 3.63) is 53.6 Å². The van der Waals surface area contributed by atoms with Crippen molar-refractivity contribution in [2.24, 2.45) is 0 Å². The number of unbranched alkanes of at least 4 members (excludes halogenated alkanes) is 3. The number of para-hydroxylation sites is 2. The minimum absolute atomic E-state index is 0.133. The lowest BCUT2D eigenvalue weighted by molar-refractivity contribution is 0.665. The lowest BCUT2D eigenvalue weighted by Gasteiger charge is -2.34. The highest BCUT2D eigenvalue weighted by molar-refractivity contribution is 7.99. The average molecular weight is 359 g/mol. The van der Waals surface area contributed by atoms with Crippen molar-refractivity contribution in [1.82, 2.24) is 0 Å². The summed E-state index contributed by atoms with van der Waals surface area (Å²) in [5.74, 6) is 0. The molecule has 0 saturated carbocycles. The number of hydrogen-bond donors (Lipinski definition) is 0. The van der Waals surface area contributed by atoms with Crippen LogP contribution in [0.2, 0.25) is 0 Å². The summed E-state index contributed by atoms with van der Waals surface area (Å²) in [5.41, 5.74) is 3.37. The summed E-state index contributed by atoms with van der Waals surface area (Å²) in [7, 11) is 0. The highest BCUT2D eigenvalue weighted by Gasteiger charge is 2.24. The van der Waals surface area contributed by atoms with Crippen LogP contribution in [0.3, 0.4) is 0 Å². The molecule has 0 amide bonds. The minimum atomic E-state index is 0.133. The van der Waals surface area contributed by atoms with Crippen LogP contribution < -0.4 is 4.90 Å². The lowest BCUT2D eigenvalue weighted by atomic mass is 10.1. The molecule has 0 fully saturated rings. The third-order valence-electron chi connectivity index (χ3n) is 4.45. The number of rotatable bonds is 6. The van der Waals surface area contributed by atoms with Gasteiger partial charge >= 0.3 is 0 Å². The third kappa shape index (κ3) is 3.77. The van der Waals surface area contributed by atoms with Crippen LogP contribution in [0.15, 0.2) is 57.8 Å². The van der Waals surface area contributed by atoms with E-state index in [2.05, 4.69) is 42.2 Å². The van der Waals surface area contributed by atoms with Crippen molar-refractivity contribution in [3.63, 3.8) is 0 Å². The fourth-order valence-corrected chi connectivity index (χ4v) is 4.34. The van der Waals surface area contributed by atoms with Gasteiger partial charge in [-0.15, -0.1) is 0 Å². The molecule has 2 aromatic rings. The Morgan fingerprint density at radius 1 is 1.00 bits per heavy atom. The predicted molar refractivity (Wildman–Crippen MR) is 107 cm³/mol. The number of nitrogens with zero attached hydrogens (tertiary/aromatic N) is 3. The molecule has 0 atom stereocenters. The van der Waals surface area contributed by atoms with Crippen LogP contribution >= 0.6 is 11.8 Å². The van der Waals surface area contributed by atoms with Crippen molar-refractivity contribution in [3.8, 4) is 12.1 Å². The Bertz CT molecular complexity index is 886. The van der Waals surface area contributed by atoms with E-state index >= 15 is 0 Å². The quantitative estimate of drug-likeness (QED) is 0.448. The number of fused-ring (bicyclic) bond motifs is 2. The molecule has 0 aromatic heterocycles. The van der Waals surface area contributed by atoms with E-state index in [1.54, 1.807) is 17.8 Å². The monoisotopic (exact) mass is 359 g/mol. The van der Waals surface area contributed by atoms with Crippen LogP contribution in [0.25, 0.3) is 6.08 Å². The maximum atomic E-state index is 9.16. The first-order valence-corrected chi connectivity index (χ1v) is 9.79. The first-order valence-electron chi connectivity index (χ1n) is 8.97. The highest BCUT2D eigenvalue weighted by Crippen LogP contribution is 2.49. The van der Waals surface area contributed by atoms with Crippen LogP contribution in [0, 0.1) is 22.7 Å². The Morgan fingerprint density at radius 2 is 1.77 bits per heavy atom. The molecule has 0 N–H and O–H groups in total. The molecule has 0 aliphatic carbocycles. The molecular weight excluding hydrogens is 338 g/mol. The molecule has 2 aromatic carbocycles. The first-order chi connectivity index (χ1) is 12.8. The van der Waals surface area contributed by atoms with Crippen LogP contribution in [0.4, 0.5) is 11.4 Å². The molecule has 26 heavy (non-hydrogen) atoms. The molecule has 0 radical (unpaired) electrons. The van der Waals surface area contributed by atoms with Gasteiger partial charge < -0.3 is 4.90 Å². The molecule has 1 aliphatic rings. The van der Waals surface area contributed by atoms with Gasteiger partial charge in [-0.05, 0) is 30.7 Å². The zero-order valence-corrected chi connectivity index (χ0v) is 15.7. The molecule has 0 unspecified atom stereocenters. The molecular formula is C22H21N3S. The molecule has 1 aliphatic heterocycles. The molecule has 0 bridgehead atoms. The van der Waals surface area contributed by atoms with E-state index < -0.39 is 0 Å². The van der Waals surface area contributed by atoms with Gasteiger partial charge in [-0.2, -0.15) is 10.5 Å². The van der Waals surface area contributed by atoms with Gasteiger partial charge in [-0.25, -0.2) is 0 Å². The smallest absolute Gasteiger partial charge is 0.130 e. The Hall–Kier alpha value is -2.69. The van der Waals surface area contributed by atoms with Crippen LogP contribution in [0.1, 0.15) is 38.2 Å². The zero-order chi connectivity index (χ0) is 18.4. The van der Waals surface area contributed by atoms with Gasteiger partial charge in [0.25, 0.3) is 0 Å². The zero-order valence-electron chi connectivity index (χ0n) is 14.9. The second kappa shape index (κ2) is 8.61. The Balaban J connectivity index is 2.05. The summed E-state index contributed by atoms with van der Waals surface area (Å²) in [6.07, 6.45) is 6.48. The number of allylic oxidation sites excluding steroid dienone is 1. The number of anilines is 2. The second-order valence-electron chi connectivity index (χ2n) is 6.26. The predicted octanol–water partition coefficient (Wildman–Crippen LogP) is 6.30. The lowest BCUT2D eigenvalue weighted by Crippen LogP contribution is -2.23. The average Bonchev–Trinajstić information content (AvgIpc) is 2.68. The van der Waals surface area contributed by atoms with Gasteiger partial charge in [0.1, 0.15) is 17.7 Å². The van der Waals surface area contributed by atoms with E-state index in [4.69, 9.17) is 10.5 Å². The fourth-order valence-electron chi connectivity index (χ4n) is 3.21. The van der Waals surface area contributed by atoms with Gasteiger partial charge in [-0.3, -0.25) is 0 Å². The van der Waals surface area contributed by atoms with Crippen molar-refractivity contribution < 1.29 is 0 Å². The molecule has 0 saturated heterocycles. The van der Waals surface area contributed by atoms with Crippen LogP contribution in [0.5, 0.6) is 0 Å². The fraction of sp³-hybridized carbons (Fsp3) is 0.273. The van der Waals surface area contributed by atoms with Gasteiger partial charge in [0.15, 0.2) is 0 Å². The van der Waals surface area contributed by atoms with E-state index in [0.717, 1.165) is 24.2 Å².